The molecule has 0 bridgehead atoms. The first kappa shape index (κ1) is 6.62. The molecule has 0 radical (unpaired) electrons. The number of aromatic nitrogens is 2. The molecule has 1 aromatic rings. The molecule has 0 spiro atoms. The fourth-order valence-corrected chi connectivity index (χ4v) is 0.582. The molecule has 0 saturated heterocycles. The molecule has 0 unspecified atom stereocenters. The Bertz CT molecular complexity index is 248. The minimum Gasteiger partial charge on any atom is -0.477 e. The van der Waals surface area contributed by atoms with E-state index < -0.39 is 0 Å². The van der Waals surface area contributed by atoms with E-state index in [1.165, 1.54) is 0 Å². The second kappa shape index (κ2) is 2.87. The molecule has 0 aliphatic heterocycles. The van der Waals surface area contributed by atoms with Crippen LogP contribution in [0.1, 0.15) is 12.6 Å². The summed E-state index contributed by atoms with van der Waals surface area (Å²) in [5.74, 6) is 0.471. The van der Waals surface area contributed by atoms with Gasteiger partial charge in [0.15, 0.2) is 0 Å². The number of ether oxygens (including phenoxy) is 1. The predicted molar refractivity (Wildman–Crippen MR) is 34.5 cm³/mol. The molecule has 0 aliphatic carbocycles. The maximum atomic E-state index is 8.34. The SMILES string of the molecule is CCOc1cc(C#N)[nH]n1. The Hall–Kier alpha value is -1.50. The highest BCUT2D eigenvalue weighted by atomic mass is 16.5. The van der Waals surface area contributed by atoms with Gasteiger partial charge in [0.1, 0.15) is 11.8 Å². The number of H-pyrrole nitrogens is 1. The van der Waals surface area contributed by atoms with Crippen molar-refractivity contribution in [2.75, 3.05) is 6.61 Å². The monoisotopic (exact) mass is 137 g/mol. The normalized spacial score (nSPS) is 8.80. The molecule has 0 aliphatic rings. The van der Waals surface area contributed by atoms with Crippen LogP contribution < -0.4 is 4.74 Å². The molecular formula is C6H7N3O. The van der Waals surface area contributed by atoms with Crippen molar-refractivity contribution >= 4 is 0 Å². The number of hydrogen-bond donors (Lipinski definition) is 1. The molecule has 0 saturated carbocycles. The quantitative estimate of drug-likeness (QED) is 0.652. The molecule has 1 heterocycles. The van der Waals surface area contributed by atoms with Gasteiger partial charge >= 0.3 is 0 Å². The Labute approximate surface area is 58.4 Å². The zero-order valence-corrected chi connectivity index (χ0v) is 5.59. The fourth-order valence-electron chi connectivity index (χ4n) is 0.582. The molecule has 4 heteroatoms. The molecular weight excluding hydrogens is 130 g/mol. The Morgan fingerprint density at radius 1 is 1.90 bits per heavy atom. The van der Waals surface area contributed by atoms with E-state index in [4.69, 9.17) is 10.00 Å². The topological polar surface area (TPSA) is 61.7 Å². The van der Waals surface area contributed by atoms with Gasteiger partial charge in [0.2, 0.25) is 5.88 Å². The first-order chi connectivity index (χ1) is 4.86. The van der Waals surface area contributed by atoms with Crippen LogP contribution in [0.15, 0.2) is 6.07 Å². The second-order valence-corrected chi connectivity index (χ2v) is 1.66. The van der Waals surface area contributed by atoms with E-state index in [9.17, 15) is 0 Å². The zero-order valence-electron chi connectivity index (χ0n) is 5.59. The maximum Gasteiger partial charge on any atom is 0.233 e. The van der Waals surface area contributed by atoms with Crippen molar-refractivity contribution in [2.45, 2.75) is 6.92 Å². The summed E-state index contributed by atoms with van der Waals surface area (Å²) in [5, 5.41) is 14.6. The van der Waals surface area contributed by atoms with Gasteiger partial charge in [-0.2, -0.15) is 5.26 Å². The van der Waals surface area contributed by atoms with Gasteiger partial charge in [0.05, 0.1) is 6.61 Å². The standard InChI is InChI=1S/C6H7N3O/c1-2-10-6-3-5(4-7)8-9-6/h3H,2H2,1H3,(H,8,9). The lowest BCUT2D eigenvalue weighted by molar-refractivity contribution is 0.326. The zero-order chi connectivity index (χ0) is 7.40. The van der Waals surface area contributed by atoms with E-state index in [2.05, 4.69) is 10.2 Å². The number of hydrogen-bond acceptors (Lipinski definition) is 3. The van der Waals surface area contributed by atoms with Gasteiger partial charge in [-0.15, -0.1) is 5.10 Å². The lowest BCUT2D eigenvalue weighted by Crippen LogP contribution is -1.90. The molecule has 4 nitrogen and oxygen atoms in total. The van der Waals surface area contributed by atoms with Gasteiger partial charge in [-0.25, -0.2) is 0 Å². The summed E-state index contributed by atoms with van der Waals surface area (Å²) in [7, 11) is 0. The number of rotatable bonds is 2. The van der Waals surface area contributed by atoms with Crippen molar-refractivity contribution in [1.82, 2.24) is 10.2 Å². The Kier molecular flexibility index (Phi) is 1.90. The summed E-state index contributed by atoms with van der Waals surface area (Å²) >= 11 is 0. The van der Waals surface area contributed by atoms with Gasteiger partial charge < -0.3 is 4.74 Å². The summed E-state index contributed by atoms with van der Waals surface area (Å²) in [6.45, 7) is 2.43. The molecule has 1 N–H and O–H groups in total. The van der Waals surface area contributed by atoms with E-state index in [0.29, 0.717) is 18.2 Å². The average Bonchev–Trinajstić information content (AvgIpc) is 2.37. The Morgan fingerprint density at radius 2 is 2.70 bits per heavy atom. The third-order valence-corrected chi connectivity index (χ3v) is 0.967. The molecule has 0 aromatic carbocycles. The highest BCUT2D eigenvalue weighted by Crippen LogP contribution is 2.05. The molecule has 10 heavy (non-hydrogen) atoms. The first-order valence-corrected chi connectivity index (χ1v) is 2.95. The van der Waals surface area contributed by atoms with Gasteiger partial charge in [-0.05, 0) is 6.92 Å². The van der Waals surface area contributed by atoms with Gasteiger partial charge in [0, 0.05) is 6.07 Å². The van der Waals surface area contributed by atoms with Crippen LogP contribution >= 0.6 is 0 Å². The second-order valence-electron chi connectivity index (χ2n) is 1.66. The van der Waals surface area contributed by atoms with E-state index in [-0.39, 0.29) is 0 Å². The van der Waals surface area contributed by atoms with Crippen molar-refractivity contribution in [2.24, 2.45) is 0 Å². The van der Waals surface area contributed by atoms with E-state index >= 15 is 0 Å². The van der Waals surface area contributed by atoms with Crippen molar-refractivity contribution in [3.63, 3.8) is 0 Å². The third-order valence-electron chi connectivity index (χ3n) is 0.967. The van der Waals surface area contributed by atoms with Crippen LogP contribution in [-0.2, 0) is 0 Å². The largest absolute Gasteiger partial charge is 0.477 e. The maximum absolute atomic E-state index is 8.34. The summed E-state index contributed by atoms with van der Waals surface area (Å²) in [6.07, 6.45) is 0. The van der Waals surface area contributed by atoms with Crippen LogP contribution in [0.2, 0.25) is 0 Å². The van der Waals surface area contributed by atoms with Crippen molar-refractivity contribution in [3.8, 4) is 11.9 Å². The summed E-state index contributed by atoms with van der Waals surface area (Å²) in [5.41, 5.74) is 0.420. The van der Waals surface area contributed by atoms with Gasteiger partial charge in [0.25, 0.3) is 0 Å². The molecule has 1 aromatic heterocycles. The predicted octanol–water partition coefficient (Wildman–Crippen LogP) is 0.680. The number of nitriles is 1. The summed E-state index contributed by atoms with van der Waals surface area (Å²) in [4.78, 5) is 0. The molecule has 52 valence electrons. The lowest BCUT2D eigenvalue weighted by Gasteiger charge is -1.92. The van der Waals surface area contributed by atoms with Crippen LogP contribution in [0.5, 0.6) is 5.88 Å². The Balaban J connectivity index is 2.71. The van der Waals surface area contributed by atoms with Crippen molar-refractivity contribution in [3.05, 3.63) is 11.8 Å². The fraction of sp³-hybridized carbons (Fsp3) is 0.333. The Morgan fingerprint density at radius 3 is 3.20 bits per heavy atom. The lowest BCUT2D eigenvalue weighted by atomic mass is 10.5. The van der Waals surface area contributed by atoms with Crippen LogP contribution in [0, 0.1) is 11.3 Å². The van der Waals surface area contributed by atoms with Crippen molar-refractivity contribution in [1.29, 1.82) is 5.26 Å². The highest BCUT2D eigenvalue weighted by molar-refractivity contribution is 5.24. The van der Waals surface area contributed by atoms with Crippen LogP contribution in [0.4, 0.5) is 0 Å². The number of aromatic amines is 1. The molecule has 0 atom stereocenters. The van der Waals surface area contributed by atoms with Crippen LogP contribution in [0.3, 0.4) is 0 Å². The summed E-state index contributed by atoms with van der Waals surface area (Å²) < 4.78 is 4.99. The van der Waals surface area contributed by atoms with E-state index in [0.717, 1.165) is 0 Å². The smallest absolute Gasteiger partial charge is 0.233 e. The average molecular weight is 137 g/mol. The molecule has 1 rings (SSSR count). The van der Waals surface area contributed by atoms with Gasteiger partial charge in [-0.3, -0.25) is 5.10 Å². The highest BCUT2D eigenvalue weighted by Gasteiger charge is 1.97. The molecule has 0 amide bonds. The minimum atomic E-state index is 0.420. The van der Waals surface area contributed by atoms with Crippen LogP contribution in [0.25, 0.3) is 0 Å². The third kappa shape index (κ3) is 1.26. The number of nitrogens with zero attached hydrogens (tertiary/aromatic N) is 2. The van der Waals surface area contributed by atoms with Crippen LogP contribution in [-0.4, -0.2) is 16.8 Å². The molecule has 0 fully saturated rings. The van der Waals surface area contributed by atoms with Crippen molar-refractivity contribution < 1.29 is 4.74 Å². The number of nitrogens with one attached hydrogen (secondary N) is 1. The van der Waals surface area contributed by atoms with Gasteiger partial charge in [-0.1, -0.05) is 0 Å². The van der Waals surface area contributed by atoms with E-state index in [1.807, 2.05) is 13.0 Å². The minimum absolute atomic E-state index is 0.420. The van der Waals surface area contributed by atoms with E-state index in [1.54, 1.807) is 6.07 Å². The summed E-state index contributed by atoms with van der Waals surface area (Å²) in [6, 6.07) is 3.47. The first-order valence-electron chi connectivity index (χ1n) is 2.95.